The van der Waals surface area contributed by atoms with Gasteiger partial charge in [-0.05, 0) is 23.8 Å². The van der Waals surface area contributed by atoms with Crippen molar-refractivity contribution in [2.45, 2.75) is 6.61 Å². The third-order valence-electron chi connectivity index (χ3n) is 2.53. The van der Waals surface area contributed by atoms with E-state index in [1.807, 2.05) is 18.2 Å². The van der Waals surface area contributed by atoms with E-state index in [2.05, 4.69) is 0 Å². The summed E-state index contributed by atoms with van der Waals surface area (Å²) in [6.07, 6.45) is 0. The topological polar surface area (TPSA) is 59.1 Å². The maximum atomic E-state index is 7.38. The summed E-state index contributed by atoms with van der Waals surface area (Å²) < 4.78 is 5.61. The van der Waals surface area contributed by atoms with E-state index in [-0.39, 0.29) is 5.84 Å². The van der Waals surface area contributed by atoms with Gasteiger partial charge in [0.2, 0.25) is 0 Å². The lowest BCUT2D eigenvalue weighted by atomic mass is 10.1. The van der Waals surface area contributed by atoms with E-state index in [4.69, 9.17) is 39.1 Å². The fraction of sp³-hybridized carbons (Fsp3) is 0.0714. The van der Waals surface area contributed by atoms with Crippen molar-refractivity contribution in [2.24, 2.45) is 5.73 Å². The highest BCUT2D eigenvalue weighted by Gasteiger charge is 2.02. The number of hydrogen-bond donors (Lipinski definition) is 2. The molecule has 0 amide bonds. The van der Waals surface area contributed by atoms with E-state index in [0.717, 1.165) is 5.56 Å². The summed E-state index contributed by atoms with van der Waals surface area (Å²) in [5.41, 5.74) is 7.04. The summed E-state index contributed by atoms with van der Waals surface area (Å²) in [6, 6.07) is 12.5. The fourth-order valence-electron chi connectivity index (χ4n) is 1.56. The summed E-state index contributed by atoms with van der Waals surface area (Å²) in [7, 11) is 0. The molecule has 0 radical (unpaired) electrons. The molecule has 3 N–H and O–H groups in total. The number of rotatable bonds is 4. The molecule has 98 valence electrons. The van der Waals surface area contributed by atoms with Crippen LogP contribution in [-0.2, 0) is 6.61 Å². The summed E-state index contributed by atoms with van der Waals surface area (Å²) in [5, 5.41) is 8.33. The SMILES string of the molecule is N=C(N)c1cccc(COc2ccc(Cl)c(Cl)c2)c1. The minimum atomic E-state index is 0.0383. The van der Waals surface area contributed by atoms with E-state index in [9.17, 15) is 0 Å². The first-order valence-corrected chi connectivity index (χ1v) is 6.33. The minimum Gasteiger partial charge on any atom is -0.489 e. The average molecular weight is 295 g/mol. The van der Waals surface area contributed by atoms with Gasteiger partial charge in [0, 0.05) is 11.6 Å². The van der Waals surface area contributed by atoms with Crippen molar-refractivity contribution in [3.05, 3.63) is 63.6 Å². The monoisotopic (exact) mass is 294 g/mol. The van der Waals surface area contributed by atoms with Gasteiger partial charge < -0.3 is 10.5 Å². The number of nitrogens with two attached hydrogens (primary N) is 1. The molecule has 0 aliphatic carbocycles. The molecular weight excluding hydrogens is 283 g/mol. The number of nitrogens with one attached hydrogen (secondary N) is 1. The van der Waals surface area contributed by atoms with E-state index in [1.165, 1.54) is 0 Å². The number of halogens is 2. The number of amidine groups is 1. The molecular formula is C14H12Cl2N2O. The van der Waals surface area contributed by atoms with Gasteiger partial charge in [-0.15, -0.1) is 0 Å². The van der Waals surface area contributed by atoms with Crippen LogP contribution in [0.1, 0.15) is 11.1 Å². The Hall–Kier alpha value is -1.71. The predicted molar refractivity (Wildman–Crippen MR) is 78.3 cm³/mol. The lowest BCUT2D eigenvalue weighted by Gasteiger charge is -2.08. The minimum absolute atomic E-state index is 0.0383. The molecule has 0 bridgehead atoms. The lowest BCUT2D eigenvalue weighted by Crippen LogP contribution is -2.11. The summed E-state index contributed by atoms with van der Waals surface area (Å²) in [4.78, 5) is 0. The average Bonchev–Trinajstić information content (AvgIpc) is 2.40. The van der Waals surface area contributed by atoms with E-state index in [0.29, 0.717) is 28.0 Å². The van der Waals surface area contributed by atoms with Crippen LogP contribution in [0.15, 0.2) is 42.5 Å². The molecule has 3 nitrogen and oxygen atoms in total. The third-order valence-corrected chi connectivity index (χ3v) is 3.27. The smallest absolute Gasteiger partial charge is 0.122 e. The normalized spacial score (nSPS) is 10.2. The van der Waals surface area contributed by atoms with E-state index >= 15 is 0 Å². The molecule has 5 heteroatoms. The van der Waals surface area contributed by atoms with Crippen molar-refractivity contribution in [3.8, 4) is 5.75 Å². The Kier molecular flexibility index (Phi) is 4.30. The Morgan fingerprint density at radius 3 is 2.58 bits per heavy atom. The lowest BCUT2D eigenvalue weighted by molar-refractivity contribution is 0.306. The van der Waals surface area contributed by atoms with Crippen LogP contribution in [0.4, 0.5) is 0 Å². The van der Waals surface area contributed by atoms with Crippen molar-refractivity contribution in [1.82, 2.24) is 0 Å². The van der Waals surface area contributed by atoms with Crippen LogP contribution in [-0.4, -0.2) is 5.84 Å². The van der Waals surface area contributed by atoms with Gasteiger partial charge in [0.1, 0.15) is 18.2 Å². The molecule has 0 fully saturated rings. The van der Waals surface area contributed by atoms with Crippen LogP contribution >= 0.6 is 23.2 Å². The Balaban J connectivity index is 2.07. The van der Waals surface area contributed by atoms with Gasteiger partial charge in [-0.25, -0.2) is 0 Å². The van der Waals surface area contributed by atoms with Gasteiger partial charge in [0.25, 0.3) is 0 Å². The van der Waals surface area contributed by atoms with Gasteiger partial charge in [-0.3, -0.25) is 5.41 Å². The Morgan fingerprint density at radius 2 is 1.89 bits per heavy atom. The van der Waals surface area contributed by atoms with Crippen LogP contribution in [0.3, 0.4) is 0 Å². The van der Waals surface area contributed by atoms with Crippen molar-refractivity contribution in [2.75, 3.05) is 0 Å². The maximum absolute atomic E-state index is 7.38. The first kappa shape index (κ1) is 13.7. The second kappa shape index (κ2) is 5.95. The predicted octanol–water partition coefficient (Wildman–Crippen LogP) is 3.86. The molecule has 0 heterocycles. The zero-order valence-corrected chi connectivity index (χ0v) is 11.5. The highest BCUT2D eigenvalue weighted by Crippen LogP contribution is 2.26. The molecule has 0 saturated heterocycles. The van der Waals surface area contributed by atoms with Crippen molar-refractivity contribution in [3.63, 3.8) is 0 Å². The van der Waals surface area contributed by atoms with Gasteiger partial charge in [0.05, 0.1) is 10.0 Å². The highest BCUT2D eigenvalue weighted by molar-refractivity contribution is 6.42. The van der Waals surface area contributed by atoms with Crippen LogP contribution in [0.5, 0.6) is 5.75 Å². The Bertz CT molecular complexity index is 614. The second-order valence-corrected chi connectivity index (χ2v) is 4.79. The number of ether oxygens (including phenoxy) is 1. The molecule has 0 aliphatic heterocycles. The van der Waals surface area contributed by atoms with Gasteiger partial charge in [0.15, 0.2) is 0 Å². The molecule has 0 saturated carbocycles. The Morgan fingerprint density at radius 1 is 1.11 bits per heavy atom. The molecule has 2 aromatic rings. The molecule has 0 aromatic heterocycles. The van der Waals surface area contributed by atoms with Crippen LogP contribution in [0.2, 0.25) is 10.0 Å². The molecule has 0 unspecified atom stereocenters. The zero-order chi connectivity index (χ0) is 13.8. The second-order valence-electron chi connectivity index (χ2n) is 3.98. The van der Waals surface area contributed by atoms with Crippen LogP contribution in [0, 0.1) is 5.41 Å². The molecule has 0 spiro atoms. The van der Waals surface area contributed by atoms with Gasteiger partial charge in [-0.2, -0.15) is 0 Å². The summed E-state index contributed by atoms with van der Waals surface area (Å²) >= 11 is 11.7. The van der Waals surface area contributed by atoms with E-state index < -0.39 is 0 Å². The van der Waals surface area contributed by atoms with Gasteiger partial charge in [-0.1, -0.05) is 41.4 Å². The molecule has 19 heavy (non-hydrogen) atoms. The third kappa shape index (κ3) is 3.63. The quantitative estimate of drug-likeness (QED) is 0.664. The van der Waals surface area contributed by atoms with Crippen molar-refractivity contribution >= 4 is 29.0 Å². The van der Waals surface area contributed by atoms with Crippen molar-refractivity contribution < 1.29 is 4.74 Å². The first-order chi connectivity index (χ1) is 9.06. The maximum Gasteiger partial charge on any atom is 0.122 e. The number of nitrogen functional groups attached to an aromatic ring is 1. The number of hydrogen-bond acceptors (Lipinski definition) is 2. The first-order valence-electron chi connectivity index (χ1n) is 5.57. The zero-order valence-electron chi connectivity index (χ0n) is 9.99. The standard InChI is InChI=1S/C14H12Cl2N2O/c15-12-5-4-11(7-13(12)16)19-8-9-2-1-3-10(6-9)14(17)18/h1-7H,8H2,(H3,17,18). The Labute approximate surface area is 121 Å². The summed E-state index contributed by atoms with van der Waals surface area (Å²) in [6.45, 7) is 0.374. The van der Waals surface area contributed by atoms with Crippen LogP contribution < -0.4 is 10.5 Å². The van der Waals surface area contributed by atoms with E-state index in [1.54, 1.807) is 24.3 Å². The number of benzene rings is 2. The summed E-state index contributed by atoms with van der Waals surface area (Å²) in [5.74, 6) is 0.680. The molecule has 2 rings (SSSR count). The van der Waals surface area contributed by atoms with Crippen LogP contribution in [0.25, 0.3) is 0 Å². The molecule has 0 atom stereocenters. The molecule has 0 aliphatic rings. The molecule has 2 aromatic carbocycles. The van der Waals surface area contributed by atoms with Crippen molar-refractivity contribution in [1.29, 1.82) is 5.41 Å². The largest absolute Gasteiger partial charge is 0.489 e. The fourth-order valence-corrected chi connectivity index (χ4v) is 1.85. The highest BCUT2D eigenvalue weighted by atomic mass is 35.5. The van der Waals surface area contributed by atoms with Gasteiger partial charge >= 0.3 is 0 Å².